The summed E-state index contributed by atoms with van der Waals surface area (Å²) in [6.45, 7) is 3.06. The van der Waals surface area contributed by atoms with Crippen molar-refractivity contribution in [2.75, 3.05) is 13.7 Å². The van der Waals surface area contributed by atoms with Crippen LogP contribution in [0.15, 0.2) is 53.5 Å². The summed E-state index contributed by atoms with van der Waals surface area (Å²) in [6, 6.07) is 15.5. The fourth-order valence-electron chi connectivity index (χ4n) is 3.57. The van der Waals surface area contributed by atoms with Crippen LogP contribution < -0.4 is 10.6 Å². The average Bonchev–Trinajstić information content (AvgIpc) is 2.72. The molecule has 0 bridgehead atoms. The van der Waals surface area contributed by atoms with Crippen LogP contribution in [0.25, 0.3) is 0 Å². The number of halogens is 1. The highest BCUT2D eigenvalue weighted by molar-refractivity contribution is 14.0. The number of aliphatic imine (C=N–C) groups is 1. The maximum atomic E-state index is 10.8. The zero-order valence-electron chi connectivity index (χ0n) is 17.3. The molecule has 1 aliphatic carbocycles. The average molecular weight is 524 g/mol. The van der Waals surface area contributed by atoms with Gasteiger partial charge < -0.3 is 15.4 Å². The molecule has 3 rings (SSSR count). The van der Waals surface area contributed by atoms with Crippen molar-refractivity contribution in [3.05, 3.63) is 75.3 Å². The van der Waals surface area contributed by atoms with Crippen LogP contribution in [0.1, 0.15) is 30.0 Å². The van der Waals surface area contributed by atoms with Gasteiger partial charge in [0.2, 0.25) is 0 Å². The van der Waals surface area contributed by atoms with Gasteiger partial charge in [0, 0.05) is 31.3 Å². The molecule has 0 radical (unpaired) electrons. The molecule has 0 heterocycles. The summed E-state index contributed by atoms with van der Waals surface area (Å²) in [6.07, 6.45) is 3.07. The van der Waals surface area contributed by atoms with Gasteiger partial charge in [-0.15, -0.1) is 24.0 Å². The van der Waals surface area contributed by atoms with Crippen molar-refractivity contribution >= 4 is 35.6 Å². The number of non-ortho nitro benzene ring substituents is 1. The summed E-state index contributed by atoms with van der Waals surface area (Å²) in [7, 11) is 1.68. The van der Waals surface area contributed by atoms with Crippen molar-refractivity contribution in [2.45, 2.75) is 44.8 Å². The zero-order chi connectivity index (χ0) is 20.6. The lowest BCUT2D eigenvalue weighted by molar-refractivity contribution is -0.384. The summed E-state index contributed by atoms with van der Waals surface area (Å²) < 4.78 is 5.23. The van der Waals surface area contributed by atoms with Crippen LogP contribution in [0.5, 0.6) is 0 Å². The second-order valence-electron chi connectivity index (χ2n) is 7.44. The third kappa shape index (κ3) is 6.94. The Morgan fingerprint density at radius 2 is 1.93 bits per heavy atom. The molecule has 2 atom stereocenters. The number of ether oxygens (including phenoxy) is 1. The van der Waals surface area contributed by atoms with Crippen molar-refractivity contribution in [2.24, 2.45) is 4.99 Å². The minimum Gasteiger partial charge on any atom is -0.383 e. The van der Waals surface area contributed by atoms with Gasteiger partial charge in [0.15, 0.2) is 5.96 Å². The van der Waals surface area contributed by atoms with Crippen LogP contribution in [-0.4, -0.2) is 36.7 Å². The van der Waals surface area contributed by atoms with E-state index in [1.807, 2.05) is 6.92 Å². The standard InChI is InChI=1S/C22H28N4O3.HI/c1-16(15-29-2)24-22(23-14-17-7-11-21(12-8-17)26(27)28)25-20-10-9-18-5-3-4-6-19(18)13-20;/h3-8,11-12,16,20H,9-10,13-15H2,1-2H3,(H2,23,24,25);1H. The summed E-state index contributed by atoms with van der Waals surface area (Å²) >= 11 is 0. The molecule has 0 saturated heterocycles. The zero-order valence-corrected chi connectivity index (χ0v) is 19.7. The third-order valence-corrected chi connectivity index (χ3v) is 5.05. The van der Waals surface area contributed by atoms with Crippen LogP contribution in [-0.2, 0) is 24.1 Å². The molecule has 0 aromatic heterocycles. The molecule has 8 heteroatoms. The monoisotopic (exact) mass is 524 g/mol. The van der Waals surface area contributed by atoms with E-state index >= 15 is 0 Å². The molecule has 2 aromatic rings. The van der Waals surface area contributed by atoms with Gasteiger partial charge in [-0.3, -0.25) is 10.1 Å². The number of nitro benzene ring substituents is 1. The molecule has 0 saturated carbocycles. The Hall–Kier alpha value is -2.20. The first-order chi connectivity index (χ1) is 14.0. The van der Waals surface area contributed by atoms with E-state index in [2.05, 4.69) is 34.9 Å². The van der Waals surface area contributed by atoms with Crippen molar-refractivity contribution < 1.29 is 9.66 Å². The molecule has 7 nitrogen and oxygen atoms in total. The normalized spacial score (nSPS) is 16.7. The molecule has 2 unspecified atom stereocenters. The van der Waals surface area contributed by atoms with E-state index in [1.165, 1.54) is 23.3 Å². The number of hydrogen-bond acceptors (Lipinski definition) is 4. The van der Waals surface area contributed by atoms with Crippen LogP contribution in [0.2, 0.25) is 0 Å². The number of guanidine groups is 1. The van der Waals surface area contributed by atoms with Crippen LogP contribution >= 0.6 is 24.0 Å². The first-order valence-electron chi connectivity index (χ1n) is 9.91. The first kappa shape index (κ1) is 24.1. The SMILES string of the molecule is COCC(C)NC(=NCc1ccc([N+](=O)[O-])cc1)NC1CCc2ccccc2C1.I. The van der Waals surface area contributed by atoms with Crippen molar-refractivity contribution in [1.82, 2.24) is 10.6 Å². The molecule has 162 valence electrons. The molecule has 2 N–H and O–H groups in total. The van der Waals surface area contributed by atoms with Crippen molar-refractivity contribution in [1.29, 1.82) is 0 Å². The van der Waals surface area contributed by atoms with E-state index in [1.54, 1.807) is 19.2 Å². The highest BCUT2D eigenvalue weighted by Gasteiger charge is 2.19. The maximum Gasteiger partial charge on any atom is 0.269 e. The van der Waals surface area contributed by atoms with Gasteiger partial charge >= 0.3 is 0 Å². The Bertz CT molecular complexity index is 858. The molecule has 0 amide bonds. The maximum absolute atomic E-state index is 10.8. The summed E-state index contributed by atoms with van der Waals surface area (Å²) in [4.78, 5) is 15.1. The predicted molar refractivity (Wildman–Crippen MR) is 130 cm³/mol. The van der Waals surface area contributed by atoms with Gasteiger partial charge in [-0.1, -0.05) is 36.4 Å². The predicted octanol–water partition coefficient (Wildman–Crippen LogP) is 3.84. The minimum atomic E-state index is -0.394. The van der Waals surface area contributed by atoms with Gasteiger partial charge in [0.25, 0.3) is 5.69 Å². The van der Waals surface area contributed by atoms with Gasteiger partial charge in [0.05, 0.1) is 18.1 Å². The molecule has 2 aromatic carbocycles. The summed E-state index contributed by atoms with van der Waals surface area (Å²) in [5, 5.41) is 17.8. The van der Waals surface area contributed by atoms with E-state index in [0.29, 0.717) is 19.2 Å². The Morgan fingerprint density at radius 3 is 2.60 bits per heavy atom. The minimum absolute atomic E-state index is 0. The molecular formula is C22H29IN4O3. The summed E-state index contributed by atoms with van der Waals surface area (Å²) in [5.41, 5.74) is 3.82. The Kier molecular flexibility index (Phi) is 9.51. The van der Waals surface area contributed by atoms with Crippen LogP contribution in [0, 0.1) is 10.1 Å². The smallest absolute Gasteiger partial charge is 0.269 e. The summed E-state index contributed by atoms with van der Waals surface area (Å²) in [5.74, 6) is 0.734. The van der Waals surface area contributed by atoms with Crippen LogP contribution in [0.4, 0.5) is 5.69 Å². The number of nitrogens with one attached hydrogen (secondary N) is 2. The highest BCUT2D eigenvalue weighted by atomic mass is 127. The second-order valence-corrected chi connectivity index (χ2v) is 7.44. The van der Waals surface area contributed by atoms with Crippen LogP contribution in [0.3, 0.4) is 0 Å². The number of rotatable bonds is 7. The quantitative estimate of drug-likeness (QED) is 0.189. The lowest BCUT2D eigenvalue weighted by Gasteiger charge is -2.28. The van der Waals surface area contributed by atoms with Crippen molar-refractivity contribution in [3.63, 3.8) is 0 Å². The molecule has 30 heavy (non-hydrogen) atoms. The van der Waals surface area contributed by atoms with Gasteiger partial charge in [-0.05, 0) is 42.9 Å². The Labute approximate surface area is 194 Å². The number of benzene rings is 2. The molecule has 0 spiro atoms. The molecular weight excluding hydrogens is 495 g/mol. The van der Waals surface area contributed by atoms with E-state index in [4.69, 9.17) is 9.73 Å². The number of nitrogens with zero attached hydrogens (tertiary/aromatic N) is 2. The third-order valence-electron chi connectivity index (χ3n) is 5.05. The number of aryl methyl sites for hydroxylation is 1. The Morgan fingerprint density at radius 1 is 1.23 bits per heavy atom. The number of fused-ring (bicyclic) bond motifs is 1. The fourth-order valence-corrected chi connectivity index (χ4v) is 3.57. The Balaban J connectivity index is 0.00000320. The largest absolute Gasteiger partial charge is 0.383 e. The number of hydrogen-bond donors (Lipinski definition) is 2. The van der Waals surface area contributed by atoms with E-state index in [0.717, 1.165) is 30.8 Å². The number of methoxy groups -OCH3 is 1. The molecule has 0 aliphatic heterocycles. The lowest BCUT2D eigenvalue weighted by atomic mass is 9.88. The fraction of sp³-hybridized carbons (Fsp3) is 0.409. The second kappa shape index (κ2) is 11.8. The van der Waals surface area contributed by atoms with E-state index in [-0.39, 0.29) is 35.7 Å². The topological polar surface area (TPSA) is 88.8 Å². The van der Waals surface area contributed by atoms with Gasteiger partial charge in [-0.2, -0.15) is 0 Å². The van der Waals surface area contributed by atoms with E-state index < -0.39 is 4.92 Å². The molecule has 1 aliphatic rings. The van der Waals surface area contributed by atoms with Gasteiger partial charge in [-0.25, -0.2) is 4.99 Å². The highest BCUT2D eigenvalue weighted by Crippen LogP contribution is 2.21. The van der Waals surface area contributed by atoms with E-state index in [9.17, 15) is 10.1 Å². The van der Waals surface area contributed by atoms with Crippen molar-refractivity contribution in [3.8, 4) is 0 Å². The van der Waals surface area contributed by atoms with Gasteiger partial charge in [0.1, 0.15) is 0 Å². The first-order valence-corrected chi connectivity index (χ1v) is 9.91. The lowest BCUT2D eigenvalue weighted by Crippen LogP contribution is -2.49. The molecule has 0 fully saturated rings. The number of nitro groups is 1.